The highest BCUT2D eigenvalue weighted by Crippen LogP contribution is 2.23. The van der Waals surface area contributed by atoms with Crippen LogP contribution >= 0.6 is 0 Å². The molecular weight excluding hydrogens is 392 g/mol. The van der Waals surface area contributed by atoms with E-state index in [1.54, 1.807) is 12.4 Å². The van der Waals surface area contributed by atoms with E-state index < -0.39 is 0 Å². The Morgan fingerprint density at radius 2 is 1.58 bits per heavy atom. The molecule has 0 spiro atoms. The molecule has 0 bridgehead atoms. The standard InChI is InChI=1S/C23H36N6O2/c1-18(22(31)28-14-16-29(17-15-28)23-24-10-5-11-25-23)27-12-8-19(9-13-27)21(30)26-20-6-3-2-4-7-20/h5,10-11,18-20H,2-4,6-9,12-17H2,1H3,(H,26,30). The molecule has 1 aromatic heterocycles. The summed E-state index contributed by atoms with van der Waals surface area (Å²) in [4.78, 5) is 40.7. The van der Waals surface area contributed by atoms with Gasteiger partial charge in [-0.2, -0.15) is 0 Å². The predicted octanol–water partition coefficient (Wildman–Crippen LogP) is 1.67. The fourth-order valence-electron chi connectivity index (χ4n) is 5.12. The zero-order chi connectivity index (χ0) is 21.6. The highest BCUT2D eigenvalue weighted by atomic mass is 16.2. The van der Waals surface area contributed by atoms with Crippen LogP contribution in [-0.4, -0.2) is 82.9 Å². The van der Waals surface area contributed by atoms with Crippen molar-refractivity contribution in [3.8, 4) is 0 Å². The lowest BCUT2D eigenvalue weighted by Crippen LogP contribution is -2.56. The average molecular weight is 429 g/mol. The molecule has 1 saturated carbocycles. The topological polar surface area (TPSA) is 81.7 Å². The second kappa shape index (κ2) is 10.4. The van der Waals surface area contributed by atoms with E-state index in [2.05, 4.69) is 25.1 Å². The Morgan fingerprint density at radius 3 is 2.23 bits per heavy atom. The third-order valence-corrected chi connectivity index (χ3v) is 7.18. The van der Waals surface area contributed by atoms with E-state index in [4.69, 9.17) is 0 Å². The Bertz CT molecular complexity index is 723. The van der Waals surface area contributed by atoms with Crippen molar-refractivity contribution < 1.29 is 9.59 Å². The predicted molar refractivity (Wildman–Crippen MR) is 120 cm³/mol. The summed E-state index contributed by atoms with van der Waals surface area (Å²) in [7, 11) is 0. The molecule has 1 aromatic rings. The number of aromatic nitrogens is 2. The molecule has 31 heavy (non-hydrogen) atoms. The first-order valence-electron chi connectivity index (χ1n) is 12.0. The Kier molecular flexibility index (Phi) is 7.37. The molecule has 3 fully saturated rings. The highest BCUT2D eigenvalue weighted by Gasteiger charge is 2.33. The van der Waals surface area contributed by atoms with Crippen LogP contribution in [0.15, 0.2) is 18.5 Å². The number of anilines is 1. The van der Waals surface area contributed by atoms with Gasteiger partial charge in [0.25, 0.3) is 0 Å². The van der Waals surface area contributed by atoms with Crippen molar-refractivity contribution in [3.63, 3.8) is 0 Å². The van der Waals surface area contributed by atoms with Crippen molar-refractivity contribution in [1.29, 1.82) is 0 Å². The minimum atomic E-state index is -0.137. The number of carbonyl (C=O) groups is 2. The molecule has 3 heterocycles. The van der Waals surface area contributed by atoms with Crippen LogP contribution < -0.4 is 10.2 Å². The molecule has 0 aromatic carbocycles. The number of rotatable bonds is 5. The van der Waals surface area contributed by atoms with E-state index in [1.165, 1.54) is 19.3 Å². The molecule has 170 valence electrons. The lowest BCUT2D eigenvalue weighted by molar-refractivity contribution is -0.137. The monoisotopic (exact) mass is 428 g/mol. The molecule has 1 atom stereocenters. The summed E-state index contributed by atoms with van der Waals surface area (Å²) in [6.07, 6.45) is 11.2. The maximum absolute atomic E-state index is 13.1. The van der Waals surface area contributed by atoms with Crippen molar-refractivity contribution in [2.45, 2.75) is 64.0 Å². The van der Waals surface area contributed by atoms with Gasteiger partial charge in [-0.3, -0.25) is 14.5 Å². The number of hydrogen-bond donors (Lipinski definition) is 1. The van der Waals surface area contributed by atoms with Crippen LogP contribution in [0.3, 0.4) is 0 Å². The third kappa shape index (κ3) is 5.53. The first-order valence-corrected chi connectivity index (χ1v) is 12.0. The summed E-state index contributed by atoms with van der Waals surface area (Å²) in [5, 5.41) is 3.28. The van der Waals surface area contributed by atoms with Crippen LogP contribution in [0.4, 0.5) is 5.95 Å². The second-order valence-corrected chi connectivity index (χ2v) is 9.19. The van der Waals surface area contributed by atoms with E-state index in [1.807, 2.05) is 17.9 Å². The molecule has 8 nitrogen and oxygen atoms in total. The lowest BCUT2D eigenvalue weighted by Gasteiger charge is -2.40. The van der Waals surface area contributed by atoms with E-state index in [0.29, 0.717) is 19.1 Å². The van der Waals surface area contributed by atoms with E-state index in [0.717, 1.165) is 57.8 Å². The van der Waals surface area contributed by atoms with E-state index in [9.17, 15) is 9.59 Å². The molecule has 1 aliphatic carbocycles. The number of hydrogen-bond acceptors (Lipinski definition) is 6. The van der Waals surface area contributed by atoms with Gasteiger partial charge in [-0.1, -0.05) is 19.3 Å². The number of nitrogens with one attached hydrogen (secondary N) is 1. The zero-order valence-electron chi connectivity index (χ0n) is 18.7. The van der Waals surface area contributed by atoms with Gasteiger partial charge >= 0.3 is 0 Å². The summed E-state index contributed by atoms with van der Waals surface area (Å²) < 4.78 is 0. The first-order chi connectivity index (χ1) is 15.1. The number of piperazine rings is 1. The van der Waals surface area contributed by atoms with Crippen molar-refractivity contribution in [2.24, 2.45) is 5.92 Å². The van der Waals surface area contributed by atoms with Gasteiger partial charge in [0.2, 0.25) is 17.8 Å². The first kappa shape index (κ1) is 22.0. The molecule has 0 radical (unpaired) electrons. The van der Waals surface area contributed by atoms with Crippen LogP contribution in [0.25, 0.3) is 0 Å². The summed E-state index contributed by atoms with van der Waals surface area (Å²) in [6, 6.07) is 2.05. The number of piperidine rings is 1. The van der Waals surface area contributed by atoms with Crippen LogP contribution in [0.5, 0.6) is 0 Å². The van der Waals surface area contributed by atoms with Crippen molar-refractivity contribution >= 4 is 17.8 Å². The van der Waals surface area contributed by atoms with Gasteiger partial charge in [0.05, 0.1) is 6.04 Å². The van der Waals surface area contributed by atoms with Crippen LogP contribution in [0.1, 0.15) is 51.9 Å². The SMILES string of the molecule is CC(C(=O)N1CCN(c2ncccn2)CC1)N1CCC(C(=O)NC2CCCCC2)CC1. The molecular formula is C23H36N6O2. The molecule has 4 rings (SSSR count). The quantitative estimate of drug-likeness (QED) is 0.768. The average Bonchev–Trinajstić information content (AvgIpc) is 2.84. The minimum absolute atomic E-state index is 0.0925. The smallest absolute Gasteiger partial charge is 0.239 e. The zero-order valence-corrected chi connectivity index (χ0v) is 18.7. The normalized spacial score (nSPS) is 22.9. The molecule has 1 N–H and O–H groups in total. The van der Waals surface area contributed by atoms with E-state index in [-0.39, 0.29) is 23.8 Å². The Hall–Kier alpha value is -2.22. The number of nitrogens with zero attached hydrogens (tertiary/aromatic N) is 5. The van der Waals surface area contributed by atoms with Gasteiger partial charge in [0.15, 0.2) is 0 Å². The largest absolute Gasteiger partial charge is 0.353 e. The number of amides is 2. The molecule has 1 unspecified atom stereocenters. The molecule has 3 aliphatic rings. The number of likely N-dealkylation sites (tertiary alicyclic amines) is 1. The van der Waals surface area contributed by atoms with Gasteiger partial charge < -0.3 is 15.1 Å². The fourth-order valence-corrected chi connectivity index (χ4v) is 5.12. The Morgan fingerprint density at radius 1 is 0.935 bits per heavy atom. The Labute approximate surface area is 185 Å². The lowest BCUT2D eigenvalue weighted by atomic mass is 9.92. The minimum Gasteiger partial charge on any atom is -0.353 e. The number of carbonyl (C=O) groups excluding carboxylic acids is 2. The summed E-state index contributed by atoms with van der Waals surface area (Å²) >= 11 is 0. The maximum atomic E-state index is 13.1. The molecule has 2 aliphatic heterocycles. The van der Waals surface area contributed by atoms with Crippen molar-refractivity contribution in [1.82, 2.24) is 25.1 Å². The van der Waals surface area contributed by atoms with Crippen LogP contribution in [0, 0.1) is 5.92 Å². The molecule has 2 saturated heterocycles. The van der Waals surface area contributed by atoms with Gasteiger partial charge in [0, 0.05) is 50.5 Å². The van der Waals surface area contributed by atoms with Crippen LogP contribution in [0.2, 0.25) is 0 Å². The fraction of sp³-hybridized carbons (Fsp3) is 0.739. The molecule has 8 heteroatoms. The van der Waals surface area contributed by atoms with Gasteiger partial charge in [-0.05, 0) is 51.8 Å². The van der Waals surface area contributed by atoms with Gasteiger partial charge in [-0.25, -0.2) is 9.97 Å². The summed E-state index contributed by atoms with van der Waals surface area (Å²) in [6.45, 7) is 6.54. The van der Waals surface area contributed by atoms with Gasteiger partial charge in [0.1, 0.15) is 0 Å². The van der Waals surface area contributed by atoms with Gasteiger partial charge in [-0.15, -0.1) is 0 Å². The van der Waals surface area contributed by atoms with E-state index >= 15 is 0 Å². The summed E-state index contributed by atoms with van der Waals surface area (Å²) in [5.74, 6) is 1.25. The molecule has 2 amide bonds. The second-order valence-electron chi connectivity index (χ2n) is 9.19. The Balaban J connectivity index is 1.21. The van der Waals surface area contributed by atoms with Crippen molar-refractivity contribution in [2.75, 3.05) is 44.2 Å². The van der Waals surface area contributed by atoms with Crippen molar-refractivity contribution in [3.05, 3.63) is 18.5 Å². The van der Waals surface area contributed by atoms with Crippen LogP contribution in [-0.2, 0) is 9.59 Å². The highest BCUT2D eigenvalue weighted by molar-refractivity contribution is 5.82. The summed E-state index contributed by atoms with van der Waals surface area (Å²) in [5.41, 5.74) is 0. The maximum Gasteiger partial charge on any atom is 0.239 e. The third-order valence-electron chi connectivity index (χ3n) is 7.18.